The van der Waals surface area contributed by atoms with Crippen molar-refractivity contribution in [1.82, 2.24) is 0 Å². The Bertz CT molecular complexity index is 643. The van der Waals surface area contributed by atoms with Gasteiger partial charge in [-0.3, -0.25) is 4.79 Å². The minimum Gasteiger partial charge on any atom is -0.399 e. The zero-order valence-corrected chi connectivity index (χ0v) is 12.4. The van der Waals surface area contributed by atoms with Crippen molar-refractivity contribution in [3.63, 3.8) is 0 Å². The Morgan fingerprint density at radius 2 is 2.00 bits per heavy atom. The number of halogens is 2. The highest BCUT2D eigenvalue weighted by molar-refractivity contribution is 14.1. The summed E-state index contributed by atoms with van der Waals surface area (Å²) >= 11 is 2.18. The third-order valence-electron chi connectivity index (χ3n) is 2.67. The zero-order chi connectivity index (χ0) is 14.0. The molecule has 0 heterocycles. The molecule has 0 fully saturated rings. The largest absolute Gasteiger partial charge is 0.399 e. The molecule has 1 amide bonds. The van der Waals surface area contributed by atoms with Gasteiger partial charge in [0.15, 0.2) is 0 Å². The number of rotatable bonds is 2. The molecule has 0 spiro atoms. The maximum atomic E-state index is 13.6. The Labute approximate surface area is 124 Å². The normalized spacial score (nSPS) is 10.3. The number of carbonyl (C=O) groups is 1. The molecule has 3 N–H and O–H groups in total. The minimum atomic E-state index is -0.626. The summed E-state index contributed by atoms with van der Waals surface area (Å²) in [6.45, 7) is 1.98. The van der Waals surface area contributed by atoms with E-state index in [-0.39, 0.29) is 5.56 Å². The van der Waals surface area contributed by atoms with Crippen molar-refractivity contribution < 1.29 is 9.18 Å². The lowest BCUT2D eigenvalue weighted by Crippen LogP contribution is -2.14. The van der Waals surface area contributed by atoms with E-state index < -0.39 is 11.7 Å². The lowest BCUT2D eigenvalue weighted by molar-refractivity contribution is 0.102. The van der Waals surface area contributed by atoms with E-state index in [0.29, 0.717) is 11.4 Å². The van der Waals surface area contributed by atoms with Crippen molar-refractivity contribution in [2.45, 2.75) is 6.92 Å². The lowest BCUT2D eigenvalue weighted by Gasteiger charge is -2.08. The highest BCUT2D eigenvalue weighted by Crippen LogP contribution is 2.19. The maximum Gasteiger partial charge on any atom is 0.258 e. The van der Waals surface area contributed by atoms with Crippen molar-refractivity contribution >= 4 is 39.9 Å². The van der Waals surface area contributed by atoms with Gasteiger partial charge in [0.2, 0.25) is 0 Å². The van der Waals surface area contributed by atoms with Crippen LogP contribution in [0.1, 0.15) is 15.9 Å². The van der Waals surface area contributed by atoms with Crippen molar-refractivity contribution in [3.8, 4) is 0 Å². The quantitative estimate of drug-likeness (QED) is 0.627. The number of nitrogens with one attached hydrogen (secondary N) is 1. The number of carbonyl (C=O) groups excluding carboxylic acids is 1. The Morgan fingerprint density at radius 1 is 1.26 bits per heavy atom. The van der Waals surface area contributed by atoms with E-state index in [1.54, 1.807) is 6.07 Å². The van der Waals surface area contributed by atoms with Crippen molar-refractivity contribution in [2.24, 2.45) is 0 Å². The summed E-state index contributed by atoms with van der Waals surface area (Å²) in [6, 6.07) is 9.52. The van der Waals surface area contributed by atoms with E-state index in [4.69, 9.17) is 5.73 Å². The topological polar surface area (TPSA) is 55.1 Å². The fourth-order valence-corrected chi connectivity index (χ4v) is 2.10. The minimum absolute atomic E-state index is 0.0233. The summed E-state index contributed by atoms with van der Waals surface area (Å²) in [6.07, 6.45) is 0. The summed E-state index contributed by atoms with van der Waals surface area (Å²) in [4.78, 5) is 11.9. The number of amides is 1. The predicted octanol–water partition coefficient (Wildman–Crippen LogP) is 3.57. The van der Waals surface area contributed by atoms with Gasteiger partial charge in [0.25, 0.3) is 5.91 Å². The molecule has 0 radical (unpaired) electrons. The van der Waals surface area contributed by atoms with Crippen molar-refractivity contribution in [2.75, 3.05) is 11.1 Å². The molecule has 0 aliphatic heterocycles. The van der Waals surface area contributed by atoms with Crippen LogP contribution in [0.5, 0.6) is 0 Å². The number of hydrogen-bond acceptors (Lipinski definition) is 2. The molecule has 98 valence electrons. The van der Waals surface area contributed by atoms with Gasteiger partial charge < -0.3 is 11.1 Å². The Kier molecular flexibility index (Phi) is 4.04. The highest BCUT2D eigenvalue weighted by atomic mass is 127. The van der Waals surface area contributed by atoms with Gasteiger partial charge in [-0.2, -0.15) is 0 Å². The molecule has 0 unspecified atom stereocenters. The van der Waals surface area contributed by atoms with Crippen LogP contribution in [0.15, 0.2) is 36.4 Å². The molecule has 0 saturated heterocycles. The molecule has 19 heavy (non-hydrogen) atoms. The van der Waals surface area contributed by atoms with Crippen molar-refractivity contribution in [1.29, 1.82) is 0 Å². The molecule has 0 aliphatic rings. The second kappa shape index (κ2) is 5.56. The first-order valence-corrected chi connectivity index (χ1v) is 6.68. The second-order valence-corrected chi connectivity index (χ2v) is 5.32. The van der Waals surface area contributed by atoms with Crippen LogP contribution in [0.4, 0.5) is 15.8 Å². The summed E-state index contributed by atoms with van der Waals surface area (Å²) in [5.41, 5.74) is 7.47. The average molecular weight is 370 g/mol. The van der Waals surface area contributed by atoms with Gasteiger partial charge in [0.1, 0.15) is 5.82 Å². The molecule has 0 atom stereocenters. The second-order valence-electron chi connectivity index (χ2n) is 4.16. The Balaban J connectivity index is 2.23. The SMILES string of the molecule is Cc1ccc(NC(=O)c2ccc(N)cc2F)cc1I. The monoisotopic (exact) mass is 370 g/mol. The first-order chi connectivity index (χ1) is 8.97. The van der Waals surface area contributed by atoms with Gasteiger partial charge >= 0.3 is 0 Å². The van der Waals surface area contributed by atoms with E-state index in [9.17, 15) is 9.18 Å². The molecular weight excluding hydrogens is 358 g/mol. The number of aryl methyl sites for hydroxylation is 1. The van der Waals surface area contributed by atoms with Gasteiger partial charge in [-0.05, 0) is 65.4 Å². The third-order valence-corrected chi connectivity index (χ3v) is 3.83. The Morgan fingerprint density at radius 3 is 2.63 bits per heavy atom. The number of hydrogen-bond donors (Lipinski definition) is 2. The number of nitrogens with two attached hydrogens (primary N) is 1. The van der Waals surface area contributed by atoms with E-state index in [2.05, 4.69) is 27.9 Å². The van der Waals surface area contributed by atoms with Crippen LogP contribution in [-0.2, 0) is 0 Å². The first kappa shape index (κ1) is 13.8. The van der Waals surface area contributed by atoms with Gasteiger partial charge in [-0.25, -0.2) is 4.39 Å². The number of anilines is 2. The standard InChI is InChI=1S/C14H12FIN2O/c1-8-2-4-10(7-13(8)16)18-14(19)11-5-3-9(17)6-12(11)15/h2-7H,17H2,1H3,(H,18,19). The van der Waals surface area contributed by atoms with Gasteiger partial charge in [0, 0.05) is 14.9 Å². The molecule has 0 aliphatic carbocycles. The molecule has 2 rings (SSSR count). The van der Waals surface area contributed by atoms with E-state index in [0.717, 1.165) is 15.2 Å². The first-order valence-electron chi connectivity index (χ1n) is 5.60. The Hall–Kier alpha value is -1.63. The molecule has 2 aromatic rings. The predicted molar refractivity (Wildman–Crippen MR) is 82.7 cm³/mol. The van der Waals surface area contributed by atoms with E-state index in [1.807, 2.05) is 19.1 Å². The van der Waals surface area contributed by atoms with Gasteiger partial charge in [-0.15, -0.1) is 0 Å². The lowest BCUT2D eigenvalue weighted by atomic mass is 10.1. The third kappa shape index (κ3) is 3.23. The molecule has 5 heteroatoms. The molecule has 0 bridgehead atoms. The molecule has 0 saturated carbocycles. The molecular formula is C14H12FIN2O. The zero-order valence-electron chi connectivity index (χ0n) is 10.2. The molecule has 2 aromatic carbocycles. The van der Waals surface area contributed by atoms with Crippen LogP contribution in [0.25, 0.3) is 0 Å². The summed E-state index contributed by atoms with van der Waals surface area (Å²) in [5, 5.41) is 2.66. The van der Waals surface area contributed by atoms with Crippen LogP contribution in [-0.4, -0.2) is 5.91 Å². The fraction of sp³-hybridized carbons (Fsp3) is 0.0714. The fourth-order valence-electron chi connectivity index (χ4n) is 1.58. The van der Waals surface area contributed by atoms with Crippen LogP contribution in [0.3, 0.4) is 0 Å². The van der Waals surface area contributed by atoms with Crippen LogP contribution < -0.4 is 11.1 Å². The average Bonchev–Trinajstić information content (AvgIpc) is 2.33. The van der Waals surface area contributed by atoms with Crippen LogP contribution in [0, 0.1) is 16.3 Å². The van der Waals surface area contributed by atoms with Crippen LogP contribution >= 0.6 is 22.6 Å². The molecule has 3 nitrogen and oxygen atoms in total. The summed E-state index contributed by atoms with van der Waals surface area (Å²) in [5.74, 6) is -1.11. The van der Waals surface area contributed by atoms with Crippen molar-refractivity contribution in [3.05, 3.63) is 56.9 Å². The number of nitrogen functional groups attached to an aromatic ring is 1. The molecule has 0 aromatic heterocycles. The summed E-state index contributed by atoms with van der Waals surface area (Å²) in [7, 11) is 0. The summed E-state index contributed by atoms with van der Waals surface area (Å²) < 4.78 is 14.6. The number of benzene rings is 2. The highest BCUT2D eigenvalue weighted by Gasteiger charge is 2.12. The smallest absolute Gasteiger partial charge is 0.258 e. The van der Waals surface area contributed by atoms with E-state index >= 15 is 0 Å². The van der Waals surface area contributed by atoms with Gasteiger partial charge in [-0.1, -0.05) is 6.07 Å². The maximum absolute atomic E-state index is 13.6. The van der Waals surface area contributed by atoms with Crippen LogP contribution in [0.2, 0.25) is 0 Å². The van der Waals surface area contributed by atoms with Gasteiger partial charge in [0.05, 0.1) is 5.56 Å². The van der Waals surface area contributed by atoms with E-state index in [1.165, 1.54) is 12.1 Å².